The van der Waals surface area contributed by atoms with Gasteiger partial charge in [-0.05, 0) is 6.92 Å². The van der Waals surface area contributed by atoms with Crippen LogP contribution in [0, 0.1) is 12.8 Å². The van der Waals surface area contributed by atoms with Crippen LogP contribution >= 0.6 is 0 Å². The van der Waals surface area contributed by atoms with Gasteiger partial charge in [0.1, 0.15) is 0 Å². The molecular weight excluding hydrogens is 301 g/mol. The zero-order chi connectivity index (χ0) is 16.3. The highest BCUT2D eigenvalue weighted by atomic mass is 19.4. The van der Waals surface area contributed by atoms with Gasteiger partial charge in [0, 0.05) is 39.1 Å². The lowest BCUT2D eigenvalue weighted by molar-refractivity contribution is -0.154. The highest BCUT2D eigenvalue weighted by Gasteiger charge is 2.30. The second-order valence-electron chi connectivity index (χ2n) is 5.51. The number of aliphatic hydroxyl groups excluding tert-OH is 1. The number of halogens is 3. The van der Waals surface area contributed by atoms with Crippen LogP contribution in [-0.2, 0) is 13.6 Å². The van der Waals surface area contributed by atoms with Crippen LogP contribution in [0.5, 0.6) is 5.88 Å². The average Bonchev–Trinajstić information content (AvgIpc) is 2.91. The molecule has 126 valence electrons. The summed E-state index contributed by atoms with van der Waals surface area (Å²) in [5.74, 6) is 0.212. The molecule has 22 heavy (non-hydrogen) atoms. The Morgan fingerprint density at radius 3 is 2.77 bits per heavy atom. The molecule has 2 rings (SSSR count). The fraction of sp³-hybridized carbons (Fsp3) is 0.769. The Kier molecular flexibility index (Phi) is 5.30. The van der Waals surface area contributed by atoms with Crippen LogP contribution in [0.2, 0.25) is 0 Å². The number of β-amino-alcohol motifs (C(OH)–C–C–N with tert-alkyl or cyclic N) is 1. The van der Waals surface area contributed by atoms with Crippen molar-refractivity contribution in [1.29, 1.82) is 0 Å². The van der Waals surface area contributed by atoms with Gasteiger partial charge in [-0.25, -0.2) is 4.68 Å². The van der Waals surface area contributed by atoms with Gasteiger partial charge in [0.2, 0.25) is 5.88 Å². The van der Waals surface area contributed by atoms with Crippen molar-refractivity contribution in [3.63, 3.8) is 0 Å². The van der Waals surface area contributed by atoms with E-state index in [0.717, 1.165) is 6.54 Å². The van der Waals surface area contributed by atoms with E-state index in [-0.39, 0.29) is 11.8 Å². The lowest BCUT2D eigenvalue weighted by atomic mass is 10.1. The fourth-order valence-electron chi connectivity index (χ4n) is 2.53. The Balaban J connectivity index is 1.94. The molecule has 1 fully saturated rings. The third kappa shape index (κ3) is 4.34. The highest BCUT2D eigenvalue weighted by molar-refractivity contribution is 5.30. The Morgan fingerprint density at radius 1 is 1.45 bits per heavy atom. The van der Waals surface area contributed by atoms with Crippen LogP contribution in [-0.4, -0.2) is 53.4 Å². The molecule has 2 atom stereocenters. The lowest BCUT2D eigenvalue weighted by Gasteiger charge is -2.15. The highest BCUT2D eigenvalue weighted by Crippen LogP contribution is 2.24. The van der Waals surface area contributed by atoms with Gasteiger partial charge in [-0.1, -0.05) is 0 Å². The summed E-state index contributed by atoms with van der Waals surface area (Å²) in [6.07, 6.45) is -4.79. The fourth-order valence-corrected chi connectivity index (χ4v) is 2.53. The van der Waals surface area contributed by atoms with Crippen molar-refractivity contribution in [2.75, 3.05) is 26.2 Å². The van der Waals surface area contributed by atoms with Crippen molar-refractivity contribution in [3.05, 3.63) is 11.3 Å². The molecule has 1 aromatic heterocycles. The summed E-state index contributed by atoms with van der Waals surface area (Å²) in [6, 6.07) is 0. The Hall–Kier alpha value is -1.32. The molecule has 0 spiro atoms. The first-order chi connectivity index (χ1) is 10.3. The predicted molar refractivity (Wildman–Crippen MR) is 73.6 cm³/mol. The minimum Gasteiger partial charge on any atom is -0.468 e. The first-order valence-electron chi connectivity index (χ1n) is 7.09. The molecule has 0 saturated carbocycles. The van der Waals surface area contributed by atoms with Gasteiger partial charge in [-0.2, -0.15) is 18.3 Å². The van der Waals surface area contributed by atoms with E-state index in [4.69, 9.17) is 4.74 Å². The number of aryl methyl sites for hydroxylation is 2. The number of alkyl halides is 3. The van der Waals surface area contributed by atoms with Gasteiger partial charge in [-0.15, -0.1) is 0 Å². The molecular formula is C13H21F3N4O2. The molecule has 0 aliphatic carbocycles. The molecule has 2 unspecified atom stereocenters. The van der Waals surface area contributed by atoms with E-state index in [1.807, 2.05) is 0 Å². The molecule has 0 bridgehead atoms. The summed E-state index contributed by atoms with van der Waals surface area (Å²) in [5.41, 5.74) is 1.23. The van der Waals surface area contributed by atoms with Crippen molar-refractivity contribution in [3.8, 4) is 5.88 Å². The van der Waals surface area contributed by atoms with Crippen molar-refractivity contribution in [2.45, 2.75) is 25.7 Å². The summed E-state index contributed by atoms with van der Waals surface area (Å²) in [7, 11) is 1.55. The number of hydrogen-bond acceptors (Lipinski definition) is 5. The normalized spacial score (nSPS) is 22.3. The smallest absolute Gasteiger partial charge is 0.422 e. The van der Waals surface area contributed by atoms with E-state index in [1.165, 1.54) is 4.68 Å². The third-order valence-electron chi connectivity index (χ3n) is 3.67. The van der Waals surface area contributed by atoms with E-state index in [1.54, 1.807) is 14.0 Å². The van der Waals surface area contributed by atoms with E-state index < -0.39 is 18.9 Å². The van der Waals surface area contributed by atoms with Crippen LogP contribution in [0.25, 0.3) is 0 Å². The van der Waals surface area contributed by atoms with Crippen molar-refractivity contribution in [2.24, 2.45) is 13.0 Å². The molecule has 0 amide bonds. The molecule has 6 nitrogen and oxygen atoms in total. The zero-order valence-corrected chi connectivity index (χ0v) is 12.6. The quantitative estimate of drug-likeness (QED) is 0.704. The Bertz CT molecular complexity index is 504. The van der Waals surface area contributed by atoms with Crippen molar-refractivity contribution in [1.82, 2.24) is 20.4 Å². The SMILES string of the molecule is Cc1nn(C)c(OCC(F)(F)F)c1CNCC1CNCC1O. The first kappa shape index (κ1) is 17.0. The summed E-state index contributed by atoms with van der Waals surface area (Å²) >= 11 is 0. The third-order valence-corrected chi connectivity index (χ3v) is 3.67. The first-order valence-corrected chi connectivity index (χ1v) is 7.09. The number of ether oxygens (including phenoxy) is 1. The molecule has 2 heterocycles. The van der Waals surface area contributed by atoms with E-state index in [9.17, 15) is 18.3 Å². The molecule has 0 aromatic carbocycles. The van der Waals surface area contributed by atoms with Gasteiger partial charge in [0.25, 0.3) is 0 Å². The maximum atomic E-state index is 12.3. The van der Waals surface area contributed by atoms with Crippen LogP contribution in [0.3, 0.4) is 0 Å². The van der Waals surface area contributed by atoms with Crippen LogP contribution < -0.4 is 15.4 Å². The average molecular weight is 322 g/mol. The zero-order valence-electron chi connectivity index (χ0n) is 12.6. The second-order valence-corrected chi connectivity index (χ2v) is 5.51. The minimum atomic E-state index is -4.39. The van der Waals surface area contributed by atoms with E-state index in [0.29, 0.717) is 30.9 Å². The number of nitrogens with one attached hydrogen (secondary N) is 2. The van der Waals surface area contributed by atoms with Crippen LogP contribution in [0.15, 0.2) is 0 Å². The Labute approximate surface area is 126 Å². The molecule has 0 radical (unpaired) electrons. The molecule has 1 aromatic rings. The number of hydrogen-bond donors (Lipinski definition) is 3. The number of aliphatic hydroxyl groups is 1. The van der Waals surface area contributed by atoms with Gasteiger partial charge < -0.3 is 20.5 Å². The van der Waals surface area contributed by atoms with Crippen molar-refractivity contribution < 1.29 is 23.0 Å². The summed E-state index contributed by atoms with van der Waals surface area (Å²) in [5, 5.41) is 20.0. The predicted octanol–water partition coefficient (Wildman–Crippen LogP) is 0.340. The lowest BCUT2D eigenvalue weighted by Crippen LogP contribution is -2.30. The standard InChI is InChI=1S/C13H21F3N4O2/c1-8-10(5-17-3-9-4-18-6-11(9)21)12(20(2)19-8)22-7-13(14,15)16/h9,11,17-18,21H,3-7H2,1-2H3. The number of rotatable bonds is 6. The topological polar surface area (TPSA) is 71.3 Å². The number of aromatic nitrogens is 2. The molecule has 1 aliphatic heterocycles. The summed E-state index contributed by atoms with van der Waals surface area (Å²) in [4.78, 5) is 0. The van der Waals surface area contributed by atoms with E-state index >= 15 is 0 Å². The molecule has 1 aliphatic rings. The minimum absolute atomic E-state index is 0.0940. The monoisotopic (exact) mass is 322 g/mol. The van der Waals surface area contributed by atoms with Gasteiger partial charge in [-0.3, -0.25) is 0 Å². The maximum absolute atomic E-state index is 12.3. The second kappa shape index (κ2) is 6.84. The Morgan fingerprint density at radius 2 is 2.18 bits per heavy atom. The largest absolute Gasteiger partial charge is 0.468 e. The maximum Gasteiger partial charge on any atom is 0.422 e. The molecule has 1 saturated heterocycles. The van der Waals surface area contributed by atoms with Gasteiger partial charge in [0.15, 0.2) is 6.61 Å². The molecule has 9 heteroatoms. The molecule has 3 N–H and O–H groups in total. The van der Waals surface area contributed by atoms with Crippen LogP contribution in [0.4, 0.5) is 13.2 Å². The summed E-state index contributed by atoms with van der Waals surface area (Å²) < 4.78 is 43.1. The summed E-state index contributed by atoms with van der Waals surface area (Å²) in [6.45, 7) is 2.58. The van der Waals surface area contributed by atoms with E-state index in [2.05, 4.69) is 15.7 Å². The van der Waals surface area contributed by atoms with Gasteiger partial charge >= 0.3 is 6.18 Å². The van der Waals surface area contributed by atoms with Gasteiger partial charge in [0.05, 0.1) is 17.4 Å². The van der Waals surface area contributed by atoms with Crippen LogP contribution in [0.1, 0.15) is 11.3 Å². The number of nitrogens with zero attached hydrogens (tertiary/aromatic N) is 2. The van der Waals surface area contributed by atoms with Crippen molar-refractivity contribution >= 4 is 0 Å².